The van der Waals surface area contributed by atoms with Gasteiger partial charge in [-0.05, 0) is 41.8 Å². The Morgan fingerprint density at radius 1 is 0.929 bits per heavy atom. The molecule has 0 aliphatic heterocycles. The van der Waals surface area contributed by atoms with E-state index in [2.05, 4.69) is 0 Å². The molecule has 14 heavy (non-hydrogen) atoms. The molecule has 0 spiro atoms. The summed E-state index contributed by atoms with van der Waals surface area (Å²) in [5, 5.41) is 20.1. The zero-order valence-corrected chi connectivity index (χ0v) is 8.24. The molecule has 0 aliphatic rings. The lowest BCUT2D eigenvalue weighted by atomic mass is 10.3. The van der Waals surface area contributed by atoms with Crippen LogP contribution >= 0.6 is 11.3 Å². The molecule has 1 aromatic heterocycles. The molecule has 1 aromatic carbocycles. The highest BCUT2D eigenvalue weighted by atomic mass is 32.1. The number of thiophene rings is 1. The number of phenols is 2. The molecule has 0 amide bonds. The van der Waals surface area contributed by atoms with Gasteiger partial charge in [0.25, 0.3) is 0 Å². The van der Waals surface area contributed by atoms with Gasteiger partial charge in [0.2, 0.25) is 0 Å². The van der Waals surface area contributed by atoms with Crippen LogP contribution < -0.4 is 5.73 Å². The van der Waals surface area contributed by atoms with Gasteiger partial charge in [-0.1, -0.05) is 0 Å². The molecule has 0 aliphatic carbocycles. The average molecular weight is 209 g/mol. The molecular weight excluding hydrogens is 198 g/mol. The van der Waals surface area contributed by atoms with E-state index in [9.17, 15) is 0 Å². The van der Waals surface area contributed by atoms with Crippen molar-refractivity contribution in [3.05, 3.63) is 41.8 Å². The van der Waals surface area contributed by atoms with E-state index < -0.39 is 0 Å². The van der Waals surface area contributed by atoms with Crippen LogP contribution in [-0.2, 0) is 0 Å². The highest BCUT2D eigenvalue weighted by molar-refractivity contribution is 7.13. The smallest absolute Gasteiger partial charge is 0.115 e. The van der Waals surface area contributed by atoms with Gasteiger partial charge in [0.1, 0.15) is 11.5 Å². The molecule has 0 radical (unpaired) electrons. The second-order valence-corrected chi connectivity index (χ2v) is 3.51. The van der Waals surface area contributed by atoms with Crippen LogP contribution in [-0.4, -0.2) is 10.2 Å². The third kappa shape index (κ3) is 3.82. The molecule has 74 valence electrons. The maximum atomic E-state index is 8.65. The van der Waals surface area contributed by atoms with Gasteiger partial charge < -0.3 is 15.9 Å². The predicted octanol–water partition coefficient (Wildman–Crippen LogP) is 2.43. The minimum atomic E-state index is 0.169. The van der Waals surface area contributed by atoms with E-state index in [4.69, 9.17) is 15.9 Å². The van der Waals surface area contributed by atoms with Crippen molar-refractivity contribution in [1.29, 1.82) is 0 Å². The van der Waals surface area contributed by atoms with Crippen molar-refractivity contribution in [1.82, 2.24) is 0 Å². The Balaban J connectivity index is 0.000000146. The maximum Gasteiger partial charge on any atom is 0.115 e. The van der Waals surface area contributed by atoms with Crippen molar-refractivity contribution in [3.8, 4) is 11.5 Å². The molecule has 0 saturated heterocycles. The first-order chi connectivity index (χ1) is 6.68. The number of aromatic hydroxyl groups is 2. The summed E-state index contributed by atoms with van der Waals surface area (Å²) in [6.45, 7) is 0. The highest BCUT2D eigenvalue weighted by Crippen LogP contribution is 2.13. The topological polar surface area (TPSA) is 66.5 Å². The first kappa shape index (κ1) is 10.4. The Morgan fingerprint density at radius 3 is 1.64 bits per heavy atom. The van der Waals surface area contributed by atoms with Crippen molar-refractivity contribution in [2.24, 2.45) is 0 Å². The van der Waals surface area contributed by atoms with Gasteiger partial charge in [0.05, 0.1) is 5.00 Å². The number of benzene rings is 1. The molecule has 3 nitrogen and oxygen atoms in total. The summed E-state index contributed by atoms with van der Waals surface area (Å²) in [4.78, 5) is 0. The average Bonchev–Trinajstić information content (AvgIpc) is 2.63. The summed E-state index contributed by atoms with van der Waals surface area (Å²) >= 11 is 1.56. The van der Waals surface area contributed by atoms with E-state index in [0.717, 1.165) is 5.00 Å². The number of nitrogens with two attached hydrogens (primary N) is 1. The van der Waals surface area contributed by atoms with Crippen molar-refractivity contribution in [2.45, 2.75) is 0 Å². The standard InChI is InChI=1S/C6H6O2.C4H5NS/c7-5-1-2-6(8)4-3-5;5-4-2-1-3-6-4/h1-4,7-8H;1-3H,5H2. The van der Waals surface area contributed by atoms with Crippen LogP contribution in [0.2, 0.25) is 0 Å². The molecular formula is C10H11NO2S. The zero-order chi connectivity index (χ0) is 10.4. The SMILES string of the molecule is Nc1cccs1.Oc1ccc(O)cc1. The van der Waals surface area contributed by atoms with Crippen LogP contribution in [0.3, 0.4) is 0 Å². The molecule has 0 saturated carbocycles. The Morgan fingerprint density at radius 2 is 1.43 bits per heavy atom. The number of phenolic OH excluding ortho intramolecular Hbond substituents is 2. The lowest BCUT2D eigenvalue weighted by Gasteiger charge is -1.88. The van der Waals surface area contributed by atoms with E-state index in [1.807, 2.05) is 17.5 Å². The van der Waals surface area contributed by atoms with Crippen LogP contribution in [0.5, 0.6) is 11.5 Å². The van der Waals surface area contributed by atoms with Crippen molar-refractivity contribution >= 4 is 16.3 Å². The van der Waals surface area contributed by atoms with E-state index in [1.54, 1.807) is 11.3 Å². The van der Waals surface area contributed by atoms with Gasteiger partial charge in [-0.2, -0.15) is 0 Å². The third-order valence-corrected chi connectivity index (χ3v) is 2.09. The van der Waals surface area contributed by atoms with Gasteiger partial charge in [0, 0.05) is 0 Å². The van der Waals surface area contributed by atoms with Crippen LogP contribution in [0, 0.1) is 0 Å². The van der Waals surface area contributed by atoms with Crippen LogP contribution in [0.15, 0.2) is 41.8 Å². The number of hydrogen-bond donors (Lipinski definition) is 3. The van der Waals surface area contributed by atoms with Gasteiger partial charge in [-0.3, -0.25) is 0 Å². The third-order valence-electron chi connectivity index (χ3n) is 1.39. The summed E-state index contributed by atoms with van der Waals surface area (Å²) in [6.07, 6.45) is 0. The monoisotopic (exact) mass is 209 g/mol. The lowest BCUT2D eigenvalue weighted by Crippen LogP contribution is -1.72. The molecule has 2 rings (SSSR count). The quantitative estimate of drug-likeness (QED) is 0.584. The molecule has 1 heterocycles. The first-order valence-electron chi connectivity index (χ1n) is 3.95. The van der Waals surface area contributed by atoms with Crippen molar-refractivity contribution in [3.63, 3.8) is 0 Å². The van der Waals surface area contributed by atoms with E-state index in [-0.39, 0.29) is 11.5 Å². The second kappa shape index (κ2) is 5.14. The Kier molecular flexibility index (Phi) is 3.82. The maximum absolute atomic E-state index is 8.65. The lowest BCUT2D eigenvalue weighted by molar-refractivity contribution is 0.460. The molecule has 4 heteroatoms. The first-order valence-corrected chi connectivity index (χ1v) is 4.83. The van der Waals surface area contributed by atoms with E-state index in [0.29, 0.717) is 0 Å². The minimum Gasteiger partial charge on any atom is -0.508 e. The Bertz CT molecular complexity index is 335. The number of anilines is 1. The fourth-order valence-electron chi connectivity index (χ4n) is 0.744. The molecule has 0 fully saturated rings. The largest absolute Gasteiger partial charge is 0.508 e. The molecule has 0 atom stereocenters. The Hall–Kier alpha value is -1.68. The minimum absolute atomic E-state index is 0.169. The molecule has 2 aromatic rings. The highest BCUT2D eigenvalue weighted by Gasteiger charge is 1.84. The van der Waals surface area contributed by atoms with Crippen molar-refractivity contribution < 1.29 is 10.2 Å². The normalized spacial score (nSPS) is 8.86. The van der Waals surface area contributed by atoms with Crippen LogP contribution in [0.4, 0.5) is 5.00 Å². The fraction of sp³-hybridized carbons (Fsp3) is 0. The number of rotatable bonds is 0. The summed E-state index contributed by atoms with van der Waals surface area (Å²) in [5.41, 5.74) is 5.30. The zero-order valence-electron chi connectivity index (χ0n) is 7.42. The number of nitrogen functional groups attached to an aromatic ring is 1. The second-order valence-electron chi connectivity index (χ2n) is 2.53. The van der Waals surface area contributed by atoms with E-state index >= 15 is 0 Å². The summed E-state index contributed by atoms with van der Waals surface area (Å²) in [5.74, 6) is 0.339. The van der Waals surface area contributed by atoms with Gasteiger partial charge >= 0.3 is 0 Å². The van der Waals surface area contributed by atoms with E-state index in [1.165, 1.54) is 24.3 Å². The molecule has 4 N–H and O–H groups in total. The molecule has 0 bridgehead atoms. The van der Waals surface area contributed by atoms with Crippen LogP contribution in [0.1, 0.15) is 0 Å². The molecule has 0 unspecified atom stereocenters. The summed E-state index contributed by atoms with van der Waals surface area (Å²) in [7, 11) is 0. The number of hydrogen-bond acceptors (Lipinski definition) is 4. The summed E-state index contributed by atoms with van der Waals surface area (Å²) in [6, 6.07) is 9.51. The van der Waals surface area contributed by atoms with Gasteiger partial charge in [-0.15, -0.1) is 11.3 Å². The van der Waals surface area contributed by atoms with Gasteiger partial charge in [0.15, 0.2) is 0 Å². The Labute approximate surface area is 86.1 Å². The van der Waals surface area contributed by atoms with Crippen molar-refractivity contribution in [2.75, 3.05) is 5.73 Å². The predicted molar refractivity (Wildman–Crippen MR) is 58.5 cm³/mol. The fourth-order valence-corrected chi connectivity index (χ4v) is 1.22. The van der Waals surface area contributed by atoms with Crippen LogP contribution in [0.25, 0.3) is 0 Å². The summed E-state index contributed by atoms with van der Waals surface area (Å²) < 4.78 is 0. The van der Waals surface area contributed by atoms with Gasteiger partial charge in [-0.25, -0.2) is 0 Å².